The minimum Gasteiger partial charge on any atom is -0.395 e. The van der Waals surface area contributed by atoms with Crippen LogP contribution in [0.2, 0.25) is 5.02 Å². The molecule has 0 aliphatic rings. The molecule has 0 aliphatic heterocycles. The van der Waals surface area contributed by atoms with E-state index in [1.54, 1.807) is 29.2 Å². The van der Waals surface area contributed by atoms with E-state index in [0.717, 1.165) is 5.56 Å². The van der Waals surface area contributed by atoms with Gasteiger partial charge in [0.2, 0.25) is 0 Å². The number of hydrogen-bond donors (Lipinski definition) is 2. The number of nitrogens with one attached hydrogen (secondary N) is 1. The largest absolute Gasteiger partial charge is 0.395 e. The van der Waals surface area contributed by atoms with Crippen LogP contribution in [0.15, 0.2) is 54.6 Å². The quantitative estimate of drug-likeness (QED) is 0.816. The number of thiocarbonyl (C=S) groups is 1. The third-order valence-electron chi connectivity index (χ3n) is 3.21. The molecule has 2 rings (SSSR count). The average molecular weight is 349 g/mol. The molecule has 0 fully saturated rings. The molecule has 0 aliphatic carbocycles. The van der Waals surface area contributed by atoms with Gasteiger partial charge in [-0.1, -0.05) is 54.1 Å². The van der Waals surface area contributed by atoms with Crippen molar-refractivity contribution in [3.63, 3.8) is 0 Å². The molecule has 0 unspecified atom stereocenters. The second-order valence-electron chi connectivity index (χ2n) is 4.87. The van der Waals surface area contributed by atoms with Gasteiger partial charge in [0.05, 0.1) is 17.2 Å². The summed E-state index contributed by atoms with van der Waals surface area (Å²) in [4.78, 5) is 14.0. The molecule has 2 aromatic carbocycles. The lowest BCUT2D eigenvalue weighted by atomic mass is 10.2. The number of nitrogens with zero attached hydrogens (tertiary/aromatic N) is 1. The first kappa shape index (κ1) is 17.4. The minimum absolute atomic E-state index is 0.0606. The number of carbonyl (C=O) groups excluding carboxylic acids is 1. The molecule has 0 aromatic heterocycles. The molecule has 120 valence electrons. The number of hydrogen-bond acceptors (Lipinski definition) is 3. The molecule has 0 saturated heterocycles. The van der Waals surface area contributed by atoms with Crippen LogP contribution >= 0.6 is 23.8 Å². The van der Waals surface area contributed by atoms with E-state index in [1.165, 1.54) is 0 Å². The lowest BCUT2D eigenvalue weighted by Crippen LogP contribution is -2.43. The maximum atomic E-state index is 12.3. The van der Waals surface area contributed by atoms with Crippen molar-refractivity contribution in [3.8, 4) is 0 Å². The van der Waals surface area contributed by atoms with Crippen LogP contribution in [0.4, 0.5) is 0 Å². The summed E-state index contributed by atoms with van der Waals surface area (Å²) in [5.41, 5.74) is 1.40. The number of benzene rings is 2. The molecule has 6 heteroatoms. The molecule has 0 bridgehead atoms. The fourth-order valence-electron chi connectivity index (χ4n) is 2.07. The van der Waals surface area contributed by atoms with E-state index in [4.69, 9.17) is 23.8 Å². The Hall–Kier alpha value is -1.95. The number of rotatable bonds is 5. The fourth-order valence-corrected chi connectivity index (χ4v) is 2.54. The van der Waals surface area contributed by atoms with E-state index < -0.39 is 0 Å². The molecule has 0 spiro atoms. The van der Waals surface area contributed by atoms with Gasteiger partial charge in [0.15, 0.2) is 5.11 Å². The van der Waals surface area contributed by atoms with E-state index in [2.05, 4.69) is 5.32 Å². The van der Waals surface area contributed by atoms with Crippen molar-refractivity contribution in [2.45, 2.75) is 6.54 Å². The highest BCUT2D eigenvalue weighted by atomic mass is 35.5. The van der Waals surface area contributed by atoms with Gasteiger partial charge in [0.1, 0.15) is 0 Å². The van der Waals surface area contributed by atoms with Crippen molar-refractivity contribution in [1.29, 1.82) is 0 Å². The zero-order valence-corrected chi connectivity index (χ0v) is 14.0. The fraction of sp³-hybridized carbons (Fsp3) is 0.176. The molecular weight excluding hydrogens is 332 g/mol. The van der Waals surface area contributed by atoms with Gasteiger partial charge in [-0.25, -0.2) is 0 Å². The third kappa shape index (κ3) is 5.03. The van der Waals surface area contributed by atoms with Gasteiger partial charge >= 0.3 is 0 Å². The zero-order chi connectivity index (χ0) is 16.7. The van der Waals surface area contributed by atoms with Gasteiger partial charge in [-0.05, 0) is 29.9 Å². The normalized spacial score (nSPS) is 10.2. The van der Waals surface area contributed by atoms with Crippen LogP contribution in [0.25, 0.3) is 0 Å². The highest BCUT2D eigenvalue weighted by Crippen LogP contribution is 2.14. The van der Waals surface area contributed by atoms with Gasteiger partial charge in [0.25, 0.3) is 5.91 Å². The van der Waals surface area contributed by atoms with Gasteiger partial charge in [0, 0.05) is 13.1 Å². The SMILES string of the molecule is O=C(NC(=S)N(CCO)Cc1ccccc1)c1ccccc1Cl. The van der Waals surface area contributed by atoms with E-state index in [1.807, 2.05) is 30.3 Å². The van der Waals surface area contributed by atoms with Crippen LogP contribution in [-0.4, -0.2) is 34.2 Å². The summed E-state index contributed by atoms with van der Waals surface area (Å²) in [6.45, 7) is 0.772. The van der Waals surface area contributed by atoms with Crippen molar-refractivity contribution >= 4 is 34.8 Å². The van der Waals surface area contributed by atoms with E-state index in [0.29, 0.717) is 23.7 Å². The Kier molecular flexibility index (Phi) is 6.52. The van der Waals surface area contributed by atoms with E-state index >= 15 is 0 Å². The van der Waals surface area contributed by atoms with Gasteiger partial charge in [-0.15, -0.1) is 0 Å². The first-order valence-electron chi connectivity index (χ1n) is 7.11. The Morgan fingerprint density at radius 1 is 1.13 bits per heavy atom. The summed E-state index contributed by atoms with van der Waals surface area (Å²) in [6, 6.07) is 16.5. The summed E-state index contributed by atoms with van der Waals surface area (Å²) in [5.74, 6) is -0.364. The van der Waals surface area contributed by atoms with Gasteiger partial charge < -0.3 is 10.0 Å². The number of carbonyl (C=O) groups is 1. The van der Waals surface area contributed by atoms with Gasteiger partial charge in [-0.2, -0.15) is 0 Å². The Morgan fingerprint density at radius 2 is 1.78 bits per heavy atom. The minimum atomic E-state index is -0.364. The maximum absolute atomic E-state index is 12.3. The molecular formula is C17H17ClN2O2S. The summed E-state index contributed by atoms with van der Waals surface area (Å²) in [5, 5.41) is 12.5. The smallest absolute Gasteiger partial charge is 0.258 e. The molecule has 1 amide bonds. The van der Waals surface area contributed by atoms with Gasteiger partial charge in [-0.3, -0.25) is 10.1 Å². The second-order valence-corrected chi connectivity index (χ2v) is 5.66. The maximum Gasteiger partial charge on any atom is 0.258 e. The Balaban J connectivity index is 2.06. The van der Waals surface area contributed by atoms with Crippen LogP contribution in [0.3, 0.4) is 0 Å². The third-order valence-corrected chi connectivity index (χ3v) is 3.90. The topological polar surface area (TPSA) is 52.6 Å². The lowest BCUT2D eigenvalue weighted by Gasteiger charge is -2.24. The molecule has 2 N–H and O–H groups in total. The van der Waals surface area contributed by atoms with Crippen molar-refractivity contribution in [3.05, 3.63) is 70.7 Å². The molecule has 0 saturated carbocycles. The molecule has 0 radical (unpaired) electrons. The lowest BCUT2D eigenvalue weighted by molar-refractivity contribution is 0.0972. The highest BCUT2D eigenvalue weighted by molar-refractivity contribution is 7.80. The molecule has 23 heavy (non-hydrogen) atoms. The van der Waals surface area contributed by atoms with Crippen LogP contribution in [0, 0.1) is 0 Å². The number of amides is 1. The highest BCUT2D eigenvalue weighted by Gasteiger charge is 2.15. The Bertz CT molecular complexity index is 679. The summed E-state index contributed by atoms with van der Waals surface area (Å²) in [6.07, 6.45) is 0. The van der Waals surface area contributed by atoms with Crippen LogP contribution < -0.4 is 5.32 Å². The predicted molar refractivity (Wildman–Crippen MR) is 95.5 cm³/mol. The summed E-state index contributed by atoms with van der Waals surface area (Å²) in [7, 11) is 0. The van der Waals surface area contributed by atoms with E-state index in [9.17, 15) is 9.90 Å². The predicted octanol–water partition coefficient (Wildman–Crippen LogP) is 2.85. The van der Waals surface area contributed by atoms with Crippen LogP contribution in [0.1, 0.15) is 15.9 Å². The Labute approximate surface area is 145 Å². The van der Waals surface area contributed by atoms with Crippen molar-refractivity contribution in [2.24, 2.45) is 0 Å². The number of aliphatic hydroxyl groups excluding tert-OH is 1. The van der Waals surface area contributed by atoms with E-state index in [-0.39, 0.29) is 17.6 Å². The first-order valence-corrected chi connectivity index (χ1v) is 7.90. The zero-order valence-electron chi connectivity index (χ0n) is 12.4. The number of halogens is 1. The van der Waals surface area contributed by atoms with Crippen molar-refractivity contribution < 1.29 is 9.90 Å². The molecule has 0 heterocycles. The average Bonchev–Trinajstić information content (AvgIpc) is 2.55. The molecule has 4 nitrogen and oxygen atoms in total. The molecule has 0 atom stereocenters. The summed E-state index contributed by atoms with van der Waals surface area (Å²) < 4.78 is 0. The first-order chi connectivity index (χ1) is 11.1. The van der Waals surface area contributed by atoms with Crippen molar-refractivity contribution in [2.75, 3.05) is 13.2 Å². The van der Waals surface area contributed by atoms with Crippen LogP contribution in [0.5, 0.6) is 0 Å². The van der Waals surface area contributed by atoms with Crippen molar-refractivity contribution in [1.82, 2.24) is 10.2 Å². The summed E-state index contributed by atoms with van der Waals surface area (Å²) >= 11 is 11.3. The standard InChI is InChI=1S/C17H17ClN2O2S/c18-15-9-5-4-8-14(15)16(22)19-17(23)20(10-11-21)12-13-6-2-1-3-7-13/h1-9,21H,10-12H2,(H,19,22,23). The Morgan fingerprint density at radius 3 is 2.43 bits per heavy atom. The van der Waals surface area contributed by atoms with Crippen LogP contribution in [-0.2, 0) is 6.54 Å². The second kappa shape index (κ2) is 8.62. The number of aliphatic hydroxyl groups is 1. The monoisotopic (exact) mass is 348 g/mol. The molecule has 2 aromatic rings.